The highest BCUT2D eigenvalue weighted by Gasteiger charge is 2.33. The van der Waals surface area contributed by atoms with Gasteiger partial charge in [-0.25, -0.2) is 8.42 Å². The fourth-order valence-electron chi connectivity index (χ4n) is 3.41. The van der Waals surface area contributed by atoms with E-state index in [0.29, 0.717) is 53.7 Å². The van der Waals surface area contributed by atoms with Crippen LogP contribution in [0.15, 0.2) is 23.1 Å². The summed E-state index contributed by atoms with van der Waals surface area (Å²) in [4.78, 5) is 12.8. The van der Waals surface area contributed by atoms with E-state index in [1.807, 2.05) is 0 Å². The number of methoxy groups -OCH3 is 1. The average Bonchev–Trinajstić information content (AvgIpc) is 3.01. The molecule has 2 aromatic rings. The lowest BCUT2D eigenvalue weighted by Gasteiger charge is -2.31. The molecular weight excluding hydrogens is 404 g/mol. The van der Waals surface area contributed by atoms with Crippen molar-refractivity contribution in [3.05, 3.63) is 40.2 Å². The number of nitrogens with one attached hydrogen (secondary N) is 2. The third-order valence-corrected chi connectivity index (χ3v) is 7.25. The number of sulfonamides is 1. The Morgan fingerprint density at radius 1 is 1.32 bits per heavy atom. The Bertz CT molecular complexity index is 962. The maximum absolute atomic E-state index is 12.9. The maximum Gasteiger partial charge on any atom is 0.255 e. The first kappa shape index (κ1) is 20.6. The molecule has 152 valence electrons. The number of piperidine rings is 1. The SMILES string of the molecule is COc1ccc(Cl)cc1C(=O)NC1CCN(S(=O)(=O)c2c(C)n[nH]c2C)CC1. The first-order valence-electron chi connectivity index (χ1n) is 8.90. The number of amides is 1. The van der Waals surface area contributed by atoms with Gasteiger partial charge >= 0.3 is 0 Å². The van der Waals surface area contributed by atoms with E-state index in [0.717, 1.165) is 0 Å². The number of carbonyl (C=O) groups is 1. The summed E-state index contributed by atoms with van der Waals surface area (Å²) in [6.45, 7) is 4.01. The summed E-state index contributed by atoms with van der Waals surface area (Å²) in [7, 11) is -2.12. The van der Waals surface area contributed by atoms with Crippen molar-refractivity contribution in [1.82, 2.24) is 19.8 Å². The van der Waals surface area contributed by atoms with Gasteiger partial charge in [0.15, 0.2) is 0 Å². The molecule has 8 nitrogen and oxygen atoms in total. The van der Waals surface area contributed by atoms with Crippen LogP contribution in [0.5, 0.6) is 5.75 Å². The quantitative estimate of drug-likeness (QED) is 0.763. The number of hydrogen-bond acceptors (Lipinski definition) is 5. The van der Waals surface area contributed by atoms with E-state index in [-0.39, 0.29) is 16.8 Å². The molecule has 1 fully saturated rings. The van der Waals surface area contributed by atoms with Gasteiger partial charge in [-0.1, -0.05) is 11.6 Å². The van der Waals surface area contributed by atoms with Gasteiger partial charge in [-0.3, -0.25) is 9.89 Å². The van der Waals surface area contributed by atoms with Gasteiger partial charge < -0.3 is 10.1 Å². The Morgan fingerprint density at radius 3 is 2.57 bits per heavy atom. The minimum absolute atomic E-state index is 0.130. The smallest absolute Gasteiger partial charge is 0.255 e. The first-order valence-corrected chi connectivity index (χ1v) is 10.7. The number of halogens is 1. The zero-order valence-corrected chi connectivity index (χ0v) is 17.5. The second-order valence-corrected chi connectivity index (χ2v) is 9.07. The molecule has 1 aliphatic rings. The summed E-state index contributed by atoms with van der Waals surface area (Å²) in [6, 6.07) is 4.72. The predicted molar refractivity (Wildman–Crippen MR) is 105 cm³/mol. The molecule has 0 spiro atoms. The second kappa shape index (κ2) is 8.10. The lowest BCUT2D eigenvalue weighted by Crippen LogP contribution is -2.46. The molecule has 1 aromatic carbocycles. The van der Waals surface area contributed by atoms with Gasteiger partial charge in [-0.15, -0.1) is 0 Å². The summed E-state index contributed by atoms with van der Waals surface area (Å²) in [5, 5.41) is 10.1. The van der Waals surface area contributed by atoms with Crippen LogP contribution in [-0.2, 0) is 10.0 Å². The van der Waals surface area contributed by atoms with E-state index >= 15 is 0 Å². The number of aromatic amines is 1. The molecule has 0 atom stereocenters. The molecule has 0 radical (unpaired) electrons. The lowest BCUT2D eigenvalue weighted by atomic mass is 10.1. The summed E-state index contributed by atoms with van der Waals surface area (Å²) in [5.41, 5.74) is 1.34. The van der Waals surface area contributed by atoms with Crippen LogP contribution in [0.25, 0.3) is 0 Å². The number of nitrogens with zero attached hydrogens (tertiary/aromatic N) is 2. The standard InChI is InChI=1S/C18H23ClN4O4S/c1-11-17(12(2)22-21-11)28(25,26)23-8-6-14(7-9-23)20-18(24)15-10-13(19)4-5-16(15)27-3/h4-5,10,14H,6-9H2,1-3H3,(H,20,24)(H,21,22). The Labute approximate surface area is 169 Å². The molecule has 1 aromatic heterocycles. The summed E-state index contributed by atoms with van der Waals surface area (Å²) in [6.07, 6.45) is 1.04. The number of rotatable bonds is 5. The zero-order valence-electron chi connectivity index (χ0n) is 16.0. The molecule has 0 aliphatic carbocycles. The Morgan fingerprint density at radius 2 is 2.00 bits per heavy atom. The van der Waals surface area contributed by atoms with Gasteiger partial charge in [0.05, 0.1) is 24.1 Å². The van der Waals surface area contributed by atoms with Crippen molar-refractivity contribution in [2.45, 2.75) is 37.6 Å². The van der Waals surface area contributed by atoms with Gasteiger partial charge in [-0.2, -0.15) is 9.40 Å². The number of aromatic nitrogens is 2. The number of aryl methyl sites for hydroxylation is 2. The number of carbonyl (C=O) groups excluding carboxylic acids is 1. The molecule has 2 N–H and O–H groups in total. The van der Waals surface area contributed by atoms with Crippen molar-refractivity contribution in [3.8, 4) is 5.75 Å². The molecule has 1 amide bonds. The Hall–Kier alpha value is -2.10. The van der Waals surface area contributed by atoms with Crippen LogP contribution in [0.1, 0.15) is 34.6 Å². The van der Waals surface area contributed by atoms with Crippen LogP contribution < -0.4 is 10.1 Å². The summed E-state index contributed by atoms with van der Waals surface area (Å²) >= 11 is 5.99. The van der Waals surface area contributed by atoms with Crippen LogP contribution in [-0.4, -0.2) is 55.1 Å². The fourth-order valence-corrected chi connectivity index (χ4v) is 5.38. The molecular formula is C18H23ClN4O4S. The summed E-state index contributed by atoms with van der Waals surface area (Å²) in [5.74, 6) is 0.148. The number of ether oxygens (including phenoxy) is 1. The Balaban J connectivity index is 1.66. The molecule has 0 saturated carbocycles. The van der Waals surface area contributed by atoms with Crippen molar-refractivity contribution in [3.63, 3.8) is 0 Å². The van der Waals surface area contributed by atoms with Crippen molar-refractivity contribution in [2.24, 2.45) is 0 Å². The van der Waals surface area contributed by atoms with E-state index in [2.05, 4.69) is 15.5 Å². The van der Waals surface area contributed by atoms with E-state index < -0.39 is 10.0 Å². The molecule has 0 unspecified atom stereocenters. The second-order valence-electron chi connectivity index (χ2n) is 6.76. The minimum Gasteiger partial charge on any atom is -0.496 e. The molecule has 0 bridgehead atoms. The van der Waals surface area contributed by atoms with Crippen LogP contribution in [0.3, 0.4) is 0 Å². The van der Waals surface area contributed by atoms with E-state index in [1.165, 1.54) is 11.4 Å². The van der Waals surface area contributed by atoms with E-state index in [9.17, 15) is 13.2 Å². The lowest BCUT2D eigenvalue weighted by molar-refractivity contribution is 0.0921. The topological polar surface area (TPSA) is 104 Å². The molecule has 10 heteroatoms. The highest BCUT2D eigenvalue weighted by molar-refractivity contribution is 7.89. The summed E-state index contributed by atoms with van der Waals surface area (Å²) < 4.78 is 32.5. The predicted octanol–water partition coefficient (Wildman–Crippen LogP) is 2.27. The van der Waals surface area contributed by atoms with Gasteiger partial charge in [0.2, 0.25) is 10.0 Å². The van der Waals surface area contributed by atoms with Crippen LogP contribution >= 0.6 is 11.6 Å². The third kappa shape index (κ3) is 4.01. The highest BCUT2D eigenvalue weighted by atomic mass is 35.5. The van der Waals surface area contributed by atoms with Crippen LogP contribution in [0.2, 0.25) is 5.02 Å². The average molecular weight is 427 g/mol. The molecule has 1 aliphatic heterocycles. The van der Waals surface area contributed by atoms with Crippen molar-refractivity contribution in [2.75, 3.05) is 20.2 Å². The Kier molecular flexibility index (Phi) is 5.97. The largest absolute Gasteiger partial charge is 0.496 e. The van der Waals surface area contributed by atoms with Gasteiger partial charge in [0.1, 0.15) is 10.6 Å². The normalized spacial score (nSPS) is 16.1. The number of H-pyrrole nitrogens is 1. The number of benzene rings is 1. The van der Waals surface area contributed by atoms with Crippen LogP contribution in [0.4, 0.5) is 0 Å². The van der Waals surface area contributed by atoms with Gasteiger partial charge in [0.25, 0.3) is 5.91 Å². The first-order chi connectivity index (χ1) is 13.2. The van der Waals surface area contributed by atoms with Crippen molar-refractivity contribution >= 4 is 27.5 Å². The van der Waals surface area contributed by atoms with Crippen molar-refractivity contribution in [1.29, 1.82) is 0 Å². The number of hydrogen-bond donors (Lipinski definition) is 2. The monoisotopic (exact) mass is 426 g/mol. The third-order valence-electron chi connectivity index (χ3n) is 4.85. The minimum atomic E-state index is -3.61. The van der Waals surface area contributed by atoms with Gasteiger partial charge in [-0.05, 0) is 44.9 Å². The molecule has 2 heterocycles. The van der Waals surface area contributed by atoms with Gasteiger partial charge in [0, 0.05) is 24.2 Å². The van der Waals surface area contributed by atoms with Crippen LogP contribution in [0, 0.1) is 13.8 Å². The highest BCUT2D eigenvalue weighted by Crippen LogP contribution is 2.26. The molecule has 3 rings (SSSR count). The molecule has 1 saturated heterocycles. The van der Waals surface area contributed by atoms with E-state index in [1.54, 1.807) is 32.0 Å². The fraction of sp³-hybridized carbons (Fsp3) is 0.444. The van der Waals surface area contributed by atoms with E-state index in [4.69, 9.17) is 16.3 Å². The maximum atomic E-state index is 12.9. The molecule has 28 heavy (non-hydrogen) atoms. The van der Waals surface area contributed by atoms with Crippen molar-refractivity contribution < 1.29 is 17.9 Å². The zero-order chi connectivity index (χ0) is 20.5.